The number of hydrogen-bond donors (Lipinski definition) is 0. The predicted molar refractivity (Wildman–Crippen MR) is 62.5 cm³/mol. The van der Waals surface area contributed by atoms with Gasteiger partial charge in [0.25, 0.3) is 0 Å². The molecular weight excluding hydrogens is 184 g/mol. The molecule has 15 heavy (non-hydrogen) atoms. The van der Waals surface area contributed by atoms with E-state index in [4.69, 9.17) is 0 Å². The largest absolute Gasteiger partial charge is 0.295 e. The Morgan fingerprint density at radius 2 is 2.13 bits per heavy atom. The summed E-state index contributed by atoms with van der Waals surface area (Å²) in [6, 6.07) is 0. The van der Waals surface area contributed by atoms with Crippen LogP contribution in [0, 0.1) is 23.2 Å². The Hall–Kier alpha value is -0.590. The van der Waals surface area contributed by atoms with Crippen molar-refractivity contribution in [1.82, 2.24) is 0 Å². The molecule has 84 valence electrons. The van der Waals surface area contributed by atoms with E-state index in [0.29, 0.717) is 17.1 Å². The highest BCUT2D eigenvalue weighted by Gasteiger charge is 2.49. The maximum Gasteiger partial charge on any atom is 0.155 e. The van der Waals surface area contributed by atoms with Crippen molar-refractivity contribution in [2.24, 2.45) is 23.2 Å². The molecule has 0 bridgehead atoms. The molecule has 0 heterocycles. The van der Waals surface area contributed by atoms with Crippen LogP contribution in [0.2, 0.25) is 0 Å². The molecular formula is C14H22O. The fourth-order valence-electron chi connectivity index (χ4n) is 3.89. The summed E-state index contributed by atoms with van der Waals surface area (Å²) in [7, 11) is 0. The summed E-state index contributed by atoms with van der Waals surface area (Å²) in [6.07, 6.45) is 8.46. The van der Waals surface area contributed by atoms with E-state index in [1.807, 2.05) is 0 Å². The lowest BCUT2D eigenvalue weighted by Gasteiger charge is -2.41. The molecule has 2 aliphatic rings. The topological polar surface area (TPSA) is 17.1 Å². The average Bonchev–Trinajstić information content (AvgIpc) is 2.44. The van der Waals surface area contributed by atoms with Crippen molar-refractivity contribution >= 4 is 5.78 Å². The van der Waals surface area contributed by atoms with Crippen molar-refractivity contribution in [2.75, 3.05) is 0 Å². The number of allylic oxidation sites excluding steroid dienone is 2. The monoisotopic (exact) mass is 206 g/mol. The molecule has 0 N–H and O–H groups in total. The quantitative estimate of drug-likeness (QED) is 0.640. The second-order valence-electron chi connectivity index (χ2n) is 5.81. The molecule has 0 aromatic heterocycles. The normalized spacial score (nSPS) is 40.7. The van der Waals surface area contributed by atoms with Gasteiger partial charge in [-0.3, -0.25) is 4.79 Å². The number of ketones is 1. The van der Waals surface area contributed by atoms with Crippen molar-refractivity contribution in [1.29, 1.82) is 0 Å². The van der Waals surface area contributed by atoms with Crippen LogP contribution in [0.5, 0.6) is 0 Å². The summed E-state index contributed by atoms with van der Waals surface area (Å²) in [4.78, 5) is 11.7. The predicted octanol–water partition coefficient (Wildman–Crippen LogP) is 3.59. The molecule has 0 saturated heterocycles. The second-order valence-corrected chi connectivity index (χ2v) is 5.81. The van der Waals surface area contributed by atoms with Crippen LogP contribution >= 0.6 is 0 Å². The Labute approximate surface area is 92.9 Å². The van der Waals surface area contributed by atoms with Crippen LogP contribution in [0.25, 0.3) is 0 Å². The minimum atomic E-state index is 0.306. The molecule has 0 radical (unpaired) electrons. The molecule has 2 aliphatic carbocycles. The van der Waals surface area contributed by atoms with E-state index >= 15 is 0 Å². The first-order valence-corrected chi connectivity index (χ1v) is 6.25. The minimum Gasteiger partial charge on any atom is -0.295 e. The van der Waals surface area contributed by atoms with Crippen LogP contribution in [-0.4, -0.2) is 5.78 Å². The van der Waals surface area contributed by atoms with Gasteiger partial charge in [-0.1, -0.05) is 26.8 Å². The molecule has 0 unspecified atom stereocenters. The summed E-state index contributed by atoms with van der Waals surface area (Å²) >= 11 is 0. The van der Waals surface area contributed by atoms with Crippen LogP contribution in [0.1, 0.15) is 46.5 Å². The molecule has 1 fully saturated rings. The van der Waals surface area contributed by atoms with E-state index in [9.17, 15) is 4.79 Å². The molecule has 0 aromatic rings. The zero-order valence-corrected chi connectivity index (χ0v) is 10.1. The Kier molecular flexibility index (Phi) is 2.74. The van der Waals surface area contributed by atoms with Gasteiger partial charge in [0.05, 0.1) is 0 Å². The Bertz CT molecular complexity index is 290. The van der Waals surface area contributed by atoms with Crippen LogP contribution in [0.4, 0.5) is 0 Å². The SMILES string of the molecule is CC(C)[C@@H]1CC[C@H](C)[C@]12CC=CC(=O)C2. The van der Waals surface area contributed by atoms with Gasteiger partial charge in [-0.2, -0.15) is 0 Å². The van der Waals surface area contributed by atoms with Crippen LogP contribution in [-0.2, 0) is 4.79 Å². The molecule has 1 heteroatoms. The maximum absolute atomic E-state index is 11.7. The van der Waals surface area contributed by atoms with E-state index in [2.05, 4.69) is 26.8 Å². The average molecular weight is 206 g/mol. The van der Waals surface area contributed by atoms with Gasteiger partial charge in [-0.15, -0.1) is 0 Å². The van der Waals surface area contributed by atoms with E-state index in [1.165, 1.54) is 12.8 Å². The zero-order chi connectivity index (χ0) is 11.1. The smallest absolute Gasteiger partial charge is 0.155 e. The fraction of sp³-hybridized carbons (Fsp3) is 0.786. The van der Waals surface area contributed by atoms with Crippen molar-refractivity contribution in [2.45, 2.75) is 46.5 Å². The summed E-state index contributed by atoms with van der Waals surface area (Å²) in [5.41, 5.74) is 0.306. The molecule has 1 nitrogen and oxygen atoms in total. The molecule has 1 saturated carbocycles. The van der Waals surface area contributed by atoms with Gasteiger partial charge in [-0.25, -0.2) is 0 Å². The van der Waals surface area contributed by atoms with E-state index in [-0.39, 0.29) is 0 Å². The highest BCUT2D eigenvalue weighted by Crippen LogP contribution is 2.56. The van der Waals surface area contributed by atoms with Crippen molar-refractivity contribution in [3.8, 4) is 0 Å². The summed E-state index contributed by atoms with van der Waals surface area (Å²) in [5, 5.41) is 0. The number of hydrogen-bond acceptors (Lipinski definition) is 1. The zero-order valence-electron chi connectivity index (χ0n) is 10.1. The Morgan fingerprint density at radius 3 is 2.73 bits per heavy atom. The van der Waals surface area contributed by atoms with Gasteiger partial charge in [-0.05, 0) is 48.5 Å². The van der Waals surface area contributed by atoms with Gasteiger partial charge >= 0.3 is 0 Å². The van der Waals surface area contributed by atoms with Gasteiger partial charge in [0, 0.05) is 6.42 Å². The van der Waals surface area contributed by atoms with Crippen molar-refractivity contribution in [3.63, 3.8) is 0 Å². The number of carbonyl (C=O) groups is 1. The molecule has 0 amide bonds. The van der Waals surface area contributed by atoms with Gasteiger partial charge in [0.15, 0.2) is 5.78 Å². The molecule has 0 aliphatic heterocycles. The summed E-state index contributed by atoms with van der Waals surface area (Å²) in [5.74, 6) is 2.54. The molecule has 0 aromatic carbocycles. The van der Waals surface area contributed by atoms with Crippen LogP contribution < -0.4 is 0 Å². The van der Waals surface area contributed by atoms with E-state index < -0.39 is 0 Å². The standard InChI is InChI=1S/C14H22O/c1-10(2)13-7-6-11(3)14(13)8-4-5-12(15)9-14/h4-5,10-11,13H,6-9H2,1-3H3/t11-,13-,14+/m0/s1. The van der Waals surface area contributed by atoms with Crippen LogP contribution in [0.3, 0.4) is 0 Å². The number of rotatable bonds is 1. The van der Waals surface area contributed by atoms with Gasteiger partial charge in [0.1, 0.15) is 0 Å². The molecule has 1 spiro atoms. The highest BCUT2D eigenvalue weighted by atomic mass is 16.1. The first-order valence-electron chi connectivity index (χ1n) is 6.25. The Morgan fingerprint density at radius 1 is 1.40 bits per heavy atom. The summed E-state index contributed by atoms with van der Waals surface area (Å²) in [6.45, 7) is 6.97. The minimum absolute atomic E-state index is 0.306. The molecule has 2 rings (SSSR count). The lowest BCUT2D eigenvalue weighted by atomic mass is 9.62. The highest BCUT2D eigenvalue weighted by molar-refractivity contribution is 5.91. The molecule has 3 atom stereocenters. The first-order chi connectivity index (χ1) is 7.06. The number of carbonyl (C=O) groups excluding carboxylic acids is 1. The lowest BCUT2D eigenvalue weighted by Crippen LogP contribution is -2.37. The fourth-order valence-corrected chi connectivity index (χ4v) is 3.89. The van der Waals surface area contributed by atoms with Gasteiger partial charge < -0.3 is 0 Å². The van der Waals surface area contributed by atoms with E-state index in [1.54, 1.807) is 6.08 Å². The third kappa shape index (κ3) is 1.66. The first kappa shape index (κ1) is 10.9. The lowest BCUT2D eigenvalue weighted by molar-refractivity contribution is -0.119. The van der Waals surface area contributed by atoms with Gasteiger partial charge in [0.2, 0.25) is 0 Å². The second kappa shape index (κ2) is 3.77. The van der Waals surface area contributed by atoms with Crippen molar-refractivity contribution in [3.05, 3.63) is 12.2 Å². The maximum atomic E-state index is 11.7. The van der Waals surface area contributed by atoms with Crippen molar-refractivity contribution < 1.29 is 4.79 Å². The summed E-state index contributed by atoms with van der Waals surface area (Å²) < 4.78 is 0. The third-order valence-electron chi connectivity index (χ3n) is 4.74. The third-order valence-corrected chi connectivity index (χ3v) is 4.74. The van der Waals surface area contributed by atoms with Crippen LogP contribution in [0.15, 0.2) is 12.2 Å². The Balaban J connectivity index is 2.30. The van der Waals surface area contributed by atoms with E-state index in [0.717, 1.165) is 24.7 Å².